The summed E-state index contributed by atoms with van der Waals surface area (Å²) in [5.74, 6) is -0.0470. The average Bonchev–Trinajstić information content (AvgIpc) is 2.37. The molecule has 22 heavy (non-hydrogen) atoms. The number of thioether (sulfide) groups is 1. The van der Waals surface area contributed by atoms with E-state index in [2.05, 4.69) is 0 Å². The zero-order chi connectivity index (χ0) is 15.9. The number of ether oxygens (including phenoxy) is 1. The van der Waals surface area contributed by atoms with E-state index in [-0.39, 0.29) is 10.8 Å². The predicted octanol–water partition coefficient (Wildman–Crippen LogP) is 5.39. The molecule has 1 N–H and O–H groups in total. The largest absolute Gasteiger partial charge is 0.457 e. The number of aliphatic hydroxyl groups excluding tert-OH is 1. The molecule has 2 aromatic rings. The van der Waals surface area contributed by atoms with Crippen LogP contribution in [-0.2, 0) is 0 Å². The molecule has 7 heteroatoms. The second-order valence-electron chi connectivity index (χ2n) is 4.87. The Morgan fingerprint density at radius 1 is 1.18 bits per heavy atom. The summed E-state index contributed by atoms with van der Waals surface area (Å²) in [6, 6.07) is 8.14. The predicted molar refractivity (Wildman–Crippen MR) is 78.3 cm³/mol. The maximum absolute atomic E-state index is 13.4. The summed E-state index contributed by atoms with van der Waals surface area (Å²) in [6.07, 6.45) is -1.93. The highest BCUT2D eigenvalue weighted by atomic mass is 35.5. The standard InChI is InChI=1S/C15H10ClF3O2S/c16-8-3-9(17)5-11(4-8)21-10-1-2-14-12(6-10)13(20)7-15(18,19)22-14/h1-6,13,20H,7H2. The van der Waals surface area contributed by atoms with Gasteiger partial charge < -0.3 is 9.84 Å². The highest BCUT2D eigenvalue weighted by Gasteiger charge is 2.40. The fourth-order valence-corrected chi connectivity index (χ4v) is 3.43. The molecular formula is C15H10ClF3O2S. The summed E-state index contributed by atoms with van der Waals surface area (Å²) in [7, 11) is 0. The van der Waals surface area contributed by atoms with Crippen molar-refractivity contribution in [1.82, 2.24) is 0 Å². The lowest BCUT2D eigenvalue weighted by atomic mass is 10.1. The van der Waals surface area contributed by atoms with Crippen LogP contribution in [0.2, 0.25) is 5.02 Å². The van der Waals surface area contributed by atoms with Crippen molar-refractivity contribution >= 4 is 23.4 Å². The molecule has 0 fully saturated rings. The Balaban J connectivity index is 1.89. The summed E-state index contributed by atoms with van der Waals surface area (Å²) >= 11 is 6.15. The van der Waals surface area contributed by atoms with Gasteiger partial charge in [-0.1, -0.05) is 23.4 Å². The van der Waals surface area contributed by atoms with Crippen LogP contribution in [0.3, 0.4) is 0 Å². The van der Waals surface area contributed by atoms with Crippen LogP contribution in [0.25, 0.3) is 0 Å². The second kappa shape index (κ2) is 5.68. The number of aliphatic hydroxyl groups is 1. The number of benzene rings is 2. The molecule has 0 radical (unpaired) electrons. The minimum Gasteiger partial charge on any atom is -0.457 e. The second-order valence-corrected chi connectivity index (χ2v) is 6.54. The van der Waals surface area contributed by atoms with Crippen LogP contribution in [0.1, 0.15) is 18.1 Å². The Labute approximate surface area is 133 Å². The van der Waals surface area contributed by atoms with Crippen LogP contribution in [0.4, 0.5) is 13.2 Å². The van der Waals surface area contributed by atoms with E-state index < -0.39 is 23.6 Å². The van der Waals surface area contributed by atoms with Crippen LogP contribution in [-0.4, -0.2) is 10.4 Å². The van der Waals surface area contributed by atoms with Crippen molar-refractivity contribution < 1.29 is 23.0 Å². The molecular weight excluding hydrogens is 337 g/mol. The topological polar surface area (TPSA) is 29.5 Å². The normalized spacial score (nSPS) is 19.6. The number of alkyl halides is 2. The van der Waals surface area contributed by atoms with Gasteiger partial charge in [-0.05, 0) is 35.9 Å². The Hall–Kier alpha value is -1.37. The average molecular weight is 347 g/mol. The lowest BCUT2D eigenvalue weighted by Gasteiger charge is -2.27. The van der Waals surface area contributed by atoms with Crippen LogP contribution < -0.4 is 4.74 Å². The zero-order valence-electron chi connectivity index (χ0n) is 11.0. The van der Waals surface area contributed by atoms with E-state index in [0.717, 1.165) is 12.1 Å². The lowest BCUT2D eigenvalue weighted by molar-refractivity contribution is 0.0274. The molecule has 0 saturated carbocycles. The van der Waals surface area contributed by atoms with Gasteiger partial charge in [0.05, 0.1) is 12.5 Å². The number of rotatable bonds is 2. The molecule has 1 heterocycles. The van der Waals surface area contributed by atoms with Crippen LogP contribution in [0.5, 0.6) is 11.5 Å². The van der Waals surface area contributed by atoms with Gasteiger partial charge in [-0.3, -0.25) is 0 Å². The molecule has 0 aliphatic carbocycles. The number of hydrogen-bond donors (Lipinski definition) is 1. The first kappa shape index (κ1) is 15.5. The summed E-state index contributed by atoms with van der Waals surface area (Å²) < 4.78 is 45.5. The van der Waals surface area contributed by atoms with E-state index in [0.29, 0.717) is 28.0 Å². The van der Waals surface area contributed by atoms with E-state index in [1.54, 1.807) is 0 Å². The number of halogens is 4. The molecule has 116 valence electrons. The van der Waals surface area contributed by atoms with E-state index in [4.69, 9.17) is 16.3 Å². The Morgan fingerprint density at radius 2 is 1.95 bits per heavy atom. The maximum atomic E-state index is 13.4. The third kappa shape index (κ3) is 3.34. The minimum atomic E-state index is -3.00. The van der Waals surface area contributed by atoms with Crippen molar-refractivity contribution in [3.05, 3.63) is 52.8 Å². The van der Waals surface area contributed by atoms with Gasteiger partial charge in [0.15, 0.2) is 0 Å². The third-order valence-corrected chi connectivity index (χ3v) is 4.38. The molecule has 0 bridgehead atoms. The molecule has 1 atom stereocenters. The smallest absolute Gasteiger partial charge is 0.301 e. The van der Waals surface area contributed by atoms with Gasteiger partial charge in [0, 0.05) is 16.0 Å². The van der Waals surface area contributed by atoms with Gasteiger partial charge in [0.2, 0.25) is 0 Å². The number of fused-ring (bicyclic) bond motifs is 1. The van der Waals surface area contributed by atoms with Gasteiger partial charge in [-0.15, -0.1) is 0 Å². The Kier molecular flexibility index (Phi) is 4.01. The molecule has 2 nitrogen and oxygen atoms in total. The van der Waals surface area contributed by atoms with Gasteiger partial charge in [-0.2, -0.15) is 8.78 Å². The third-order valence-electron chi connectivity index (χ3n) is 3.10. The Morgan fingerprint density at radius 3 is 2.68 bits per heavy atom. The summed E-state index contributed by atoms with van der Waals surface area (Å²) in [4.78, 5) is 0.299. The van der Waals surface area contributed by atoms with Gasteiger partial charge >= 0.3 is 5.25 Å². The molecule has 0 aromatic heterocycles. The molecule has 1 aliphatic heterocycles. The first-order valence-corrected chi connectivity index (χ1v) is 7.55. The van der Waals surface area contributed by atoms with Crippen molar-refractivity contribution in [2.75, 3.05) is 0 Å². The fraction of sp³-hybridized carbons (Fsp3) is 0.200. The summed E-state index contributed by atoms with van der Waals surface area (Å²) in [5, 5.41) is 7.03. The van der Waals surface area contributed by atoms with Crippen molar-refractivity contribution in [3.63, 3.8) is 0 Å². The molecule has 0 saturated heterocycles. The molecule has 1 aliphatic rings. The van der Waals surface area contributed by atoms with E-state index >= 15 is 0 Å². The SMILES string of the molecule is OC1CC(F)(F)Sc2ccc(Oc3cc(F)cc(Cl)c3)cc21. The quantitative estimate of drug-likeness (QED) is 0.790. The van der Waals surface area contributed by atoms with Crippen molar-refractivity contribution in [1.29, 1.82) is 0 Å². The van der Waals surface area contributed by atoms with E-state index in [9.17, 15) is 18.3 Å². The molecule has 2 aromatic carbocycles. The van der Waals surface area contributed by atoms with Crippen LogP contribution in [0.15, 0.2) is 41.3 Å². The van der Waals surface area contributed by atoms with Crippen LogP contribution >= 0.6 is 23.4 Å². The molecule has 0 spiro atoms. The van der Waals surface area contributed by atoms with Crippen LogP contribution in [0, 0.1) is 5.82 Å². The van der Waals surface area contributed by atoms with Gasteiger partial charge in [-0.25, -0.2) is 4.39 Å². The first-order valence-electron chi connectivity index (χ1n) is 6.35. The van der Waals surface area contributed by atoms with Crippen molar-refractivity contribution in [3.8, 4) is 11.5 Å². The van der Waals surface area contributed by atoms with Crippen molar-refractivity contribution in [2.24, 2.45) is 0 Å². The molecule has 3 rings (SSSR count). The summed E-state index contributed by atoms with van der Waals surface area (Å²) in [6.45, 7) is 0. The van der Waals surface area contributed by atoms with Gasteiger partial charge in [0.25, 0.3) is 0 Å². The van der Waals surface area contributed by atoms with Gasteiger partial charge in [0.1, 0.15) is 17.3 Å². The highest BCUT2D eigenvalue weighted by molar-refractivity contribution is 8.00. The lowest BCUT2D eigenvalue weighted by Crippen LogP contribution is -2.21. The Bertz CT molecular complexity index is 704. The maximum Gasteiger partial charge on any atom is 0.301 e. The monoisotopic (exact) mass is 346 g/mol. The van der Waals surface area contributed by atoms with E-state index in [1.807, 2.05) is 0 Å². The molecule has 1 unspecified atom stereocenters. The summed E-state index contributed by atoms with van der Waals surface area (Å²) in [5.41, 5.74) is 0.371. The minimum absolute atomic E-state index is 0.184. The fourth-order valence-electron chi connectivity index (χ4n) is 2.20. The first-order chi connectivity index (χ1) is 10.3. The highest BCUT2D eigenvalue weighted by Crippen LogP contribution is 2.50. The number of hydrogen-bond acceptors (Lipinski definition) is 3. The van der Waals surface area contributed by atoms with Crippen molar-refractivity contribution in [2.45, 2.75) is 22.7 Å². The molecule has 0 amide bonds. The van der Waals surface area contributed by atoms with E-state index in [1.165, 1.54) is 24.3 Å². The zero-order valence-corrected chi connectivity index (χ0v) is 12.6.